The van der Waals surface area contributed by atoms with E-state index in [-0.39, 0.29) is 28.7 Å². The lowest BCUT2D eigenvalue weighted by molar-refractivity contribution is -0.385. The number of nitro benzene ring substituents is 1. The highest BCUT2D eigenvalue weighted by Crippen LogP contribution is 2.29. The third kappa shape index (κ3) is 2.67. The molecule has 0 N–H and O–H groups in total. The van der Waals surface area contributed by atoms with Crippen LogP contribution in [0.5, 0.6) is 11.8 Å². The summed E-state index contributed by atoms with van der Waals surface area (Å²) in [5.41, 5.74) is -0.0431. The lowest BCUT2D eigenvalue weighted by atomic mass is 10.2. The molecule has 2 rings (SSSR count). The van der Waals surface area contributed by atoms with Crippen LogP contribution >= 0.6 is 0 Å². The van der Waals surface area contributed by atoms with Gasteiger partial charge in [-0.25, -0.2) is 9.37 Å². The predicted octanol–water partition coefficient (Wildman–Crippen LogP) is 2.50. The molecule has 0 saturated heterocycles. The van der Waals surface area contributed by atoms with Crippen LogP contribution in [-0.2, 0) is 0 Å². The molecule has 2 aromatic rings. The van der Waals surface area contributed by atoms with Crippen molar-refractivity contribution in [2.45, 2.75) is 6.92 Å². The van der Waals surface area contributed by atoms with E-state index in [0.717, 1.165) is 6.07 Å². The molecule has 0 atom stereocenters. The first-order valence-electron chi connectivity index (χ1n) is 5.37. The van der Waals surface area contributed by atoms with E-state index in [1.165, 1.54) is 25.3 Å². The summed E-state index contributed by atoms with van der Waals surface area (Å²) in [6.07, 6.45) is 1.29. The lowest BCUT2D eigenvalue weighted by Gasteiger charge is -2.06. The largest absolute Gasteiger partial charge is 0.421 e. The van der Waals surface area contributed by atoms with Gasteiger partial charge in [-0.15, -0.1) is 0 Å². The number of nitrogens with zero attached hydrogens (tertiary/aromatic N) is 4. The Morgan fingerprint density at radius 2 is 2.25 bits per heavy atom. The molecule has 0 radical (unpaired) electrons. The van der Waals surface area contributed by atoms with E-state index in [2.05, 4.69) is 9.97 Å². The average molecular weight is 274 g/mol. The molecule has 0 fully saturated rings. The second kappa shape index (κ2) is 5.27. The maximum absolute atomic E-state index is 13.7. The molecular weight excluding hydrogens is 267 g/mol. The fourth-order valence-corrected chi connectivity index (χ4v) is 1.47. The molecule has 1 heterocycles. The van der Waals surface area contributed by atoms with Crippen molar-refractivity contribution in [1.82, 2.24) is 9.97 Å². The van der Waals surface area contributed by atoms with Crippen molar-refractivity contribution in [3.05, 3.63) is 51.6 Å². The van der Waals surface area contributed by atoms with Gasteiger partial charge in [-0.05, 0) is 19.1 Å². The van der Waals surface area contributed by atoms with E-state index in [1.807, 2.05) is 0 Å². The second-order valence-corrected chi connectivity index (χ2v) is 3.76. The molecule has 8 heteroatoms. The second-order valence-electron chi connectivity index (χ2n) is 3.76. The Morgan fingerprint density at radius 1 is 1.50 bits per heavy atom. The van der Waals surface area contributed by atoms with Crippen LogP contribution in [-0.4, -0.2) is 14.9 Å². The molecule has 1 aromatic carbocycles. The highest BCUT2D eigenvalue weighted by atomic mass is 19.1. The molecule has 100 valence electrons. The summed E-state index contributed by atoms with van der Waals surface area (Å²) in [6.45, 7) is 1.46. The van der Waals surface area contributed by atoms with E-state index in [4.69, 9.17) is 10.00 Å². The summed E-state index contributed by atoms with van der Waals surface area (Å²) in [5, 5.41) is 19.3. The molecule has 0 amide bonds. The Bertz CT molecular complexity index is 727. The van der Waals surface area contributed by atoms with E-state index in [0.29, 0.717) is 0 Å². The summed E-state index contributed by atoms with van der Waals surface area (Å²) in [7, 11) is 0. The third-order valence-corrected chi connectivity index (χ3v) is 2.40. The van der Waals surface area contributed by atoms with Gasteiger partial charge in [0.2, 0.25) is 0 Å². The maximum atomic E-state index is 13.7. The van der Waals surface area contributed by atoms with Gasteiger partial charge in [0.25, 0.3) is 5.69 Å². The normalized spacial score (nSPS) is 9.85. The first-order chi connectivity index (χ1) is 9.51. The summed E-state index contributed by atoms with van der Waals surface area (Å²) >= 11 is 0. The van der Waals surface area contributed by atoms with Crippen LogP contribution in [0.15, 0.2) is 24.4 Å². The van der Waals surface area contributed by atoms with Crippen LogP contribution in [0.3, 0.4) is 0 Å². The maximum Gasteiger partial charge on any atom is 0.323 e. The molecule has 7 nitrogen and oxygen atoms in total. The zero-order chi connectivity index (χ0) is 14.7. The smallest absolute Gasteiger partial charge is 0.323 e. The highest BCUT2D eigenvalue weighted by molar-refractivity contribution is 5.46. The number of nitro groups is 1. The Kier molecular flexibility index (Phi) is 3.52. The molecule has 0 bridgehead atoms. The fraction of sp³-hybridized carbons (Fsp3) is 0.0833. The van der Waals surface area contributed by atoms with Gasteiger partial charge in [-0.3, -0.25) is 10.1 Å². The molecule has 0 aliphatic carbocycles. The van der Waals surface area contributed by atoms with Crippen LogP contribution < -0.4 is 4.74 Å². The van der Waals surface area contributed by atoms with Crippen molar-refractivity contribution in [2.24, 2.45) is 0 Å². The number of aryl methyl sites for hydroxylation is 1. The van der Waals surface area contributed by atoms with E-state index >= 15 is 0 Å². The van der Waals surface area contributed by atoms with E-state index in [9.17, 15) is 14.5 Å². The van der Waals surface area contributed by atoms with Crippen molar-refractivity contribution < 1.29 is 14.1 Å². The Labute approximate surface area is 112 Å². The first-order valence-corrected chi connectivity index (χ1v) is 5.37. The topological polar surface area (TPSA) is 102 Å². The predicted molar refractivity (Wildman–Crippen MR) is 64.6 cm³/mol. The van der Waals surface area contributed by atoms with Gasteiger partial charge in [0.1, 0.15) is 11.8 Å². The summed E-state index contributed by atoms with van der Waals surface area (Å²) in [4.78, 5) is 17.4. The van der Waals surface area contributed by atoms with Gasteiger partial charge in [-0.1, -0.05) is 0 Å². The summed E-state index contributed by atoms with van der Waals surface area (Å²) in [6, 6.07) is 4.88. The molecule has 0 aliphatic heterocycles. The molecule has 0 unspecified atom stereocenters. The van der Waals surface area contributed by atoms with Crippen molar-refractivity contribution in [2.75, 3.05) is 0 Å². The van der Waals surface area contributed by atoms with Gasteiger partial charge < -0.3 is 4.74 Å². The first kappa shape index (κ1) is 13.4. The van der Waals surface area contributed by atoms with Crippen molar-refractivity contribution in [1.29, 1.82) is 5.26 Å². The molecule has 1 aromatic heterocycles. The summed E-state index contributed by atoms with van der Waals surface area (Å²) in [5.74, 6) is -1.16. The Hall–Kier alpha value is -3.08. The zero-order valence-corrected chi connectivity index (χ0v) is 10.2. The van der Waals surface area contributed by atoms with Gasteiger partial charge in [0, 0.05) is 11.8 Å². The highest BCUT2D eigenvalue weighted by Gasteiger charge is 2.17. The third-order valence-electron chi connectivity index (χ3n) is 2.40. The van der Waals surface area contributed by atoms with Crippen molar-refractivity contribution in [3.63, 3.8) is 0 Å². The van der Waals surface area contributed by atoms with Crippen LogP contribution in [0.2, 0.25) is 0 Å². The standard InChI is InChI=1S/C12H7FN4O3/c1-7-4-11(9(13)5-10(7)17(18)19)20-12-15-3-2-8(6-14)16-12/h2-5H,1H3. The molecular formula is C12H7FN4O3. The molecule has 0 spiro atoms. The quantitative estimate of drug-likeness (QED) is 0.629. The number of benzene rings is 1. The van der Waals surface area contributed by atoms with E-state index < -0.39 is 10.7 Å². The van der Waals surface area contributed by atoms with Crippen molar-refractivity contribution >= 4 is 5.69 Å². The Balaban J connectivity index is 2.37. The van der Waals surface area contributed by atoms with Gasteiger partial charge >= 0.3 is 6.01 Å². The Morgan fingerprint density at radius 3 is 2.90 bits per heavy atom. The number of halogens is 1. The minimum Gasteiger partial charge on any atom is -0.421 e. The number of hydrogen-bond donors (Lipinski definition) is 0. The van der Waals surface area contributed by atoms with Crippen LogP contribution in [0.25, 0.3) is 0 Å². The molecule has 0 saturated carbocycles. The number of hydrogen-bond acceptors (Lipinski definition) is 6. The molecule has 20 heavy (non-hydrogen) atoms. The van der Waals surface area contributed by atoms with E-state index in [1.54, 1.807) is 6.07 Å². The minimum absolute atomic E-state index is 0.0639. The van der Waals surface area contributed by atoms with Gasteiger partial charge in [0.15, 0.2) is 11.6 Å². The SMILES string of the molecule is Cc1cc(Oc2nccc(C#N)n2)c(F)cc1[N+](=O)[O-]. The van der Waals surface area contributed by atoms with Crippen molar-refractivity contribution in [3.8, 4) is 17.8 Å². The number of aromatic nitrogens is 2. The summed E-state index contributed by atoms with van der Waals surface area (Å²) < 4.78 is 18.8. The number of ether oxygens (including phenoxy) is 1. The number of rotatable bonds is 3. The zero-order valence-electron chi connectivity index (χ0n) is 10.2. The minimum atomic E-state index is -0.909. The average Bonchev–Trinajstić information content (AvgIpc) is 2.42. The van der Waals surface area contributed by atoms with Gasteiger partial charge in [0.05, 0.1) is 11.0 Å². The lowest BCUT2D eigenvalue weighted by Crippen LogP contribution is -1.98. The van der Waals surface area contributed by atoms with Crippen LogP contribution in [0.1, 0.15) is 11.3 Å². The van der Waals surface area contributed by atoms with Crippen LogP contribution in [0.4, 0.5) is 10.1 Å². The van der Waals surface area contributed by atoms with Crippen LogP contribution in [0, 0.1) is 34.2 Å². The van der Waals surface area contributed by atoms with Gasteiger partial charge in [-0.2, -0.15) is 10.2 Å². The number of nitriles is 1. The fourth-order valence-electron chi connectivity index (χ4n) is 1.47. The monoisotopic (exact) mass is 274 g/mol. The molecule has 0 aliphatic rings.